The summed E-state index contributed by atoms with van der Waals surface area (Å²) < 4.78 is 44.1. The summed E-state index contributed by atoms with van der Waals surface area (Å²) in [5.74, 6) is -0.880. The van der Waals surface area contributed by atoms with Gasteiger partial charge in [0.1, 0.15) is 11.4 Å². The van der Waals surface area contributed by atoms with E-state index in [1.807, 2.05) is 0 Å². The minimum absolute atomic E-state index is 0.0380. The van der Waals surface area contributed by atoms with E-state index in [0.717, 1.165) is 10.9 Å². The van der Waals surface area contributed by atoms with E-state index in [1.54, 1.807) is 24.3 Å². The number of hydrogen-bond acceptors (Lipinski definition) is 3. The van der Waals surface area contributed by atoms with Gasteiger partial charge in [-0.15, -0.1) is 0 Å². The summed E-state index contributed by atoms with van der Waals surface area (Å²) in [7, 11) is 1.52. The lowest BCUT2D eigenvalue weighted by molar-refractivity contribution is 0.139. The van der Waals surface area contributed by atoms with Gasteiger partial charge in [0.2, 0.25) is 5.82 Å². The van der Waals surface area contributed by atoms with E-state index < -0.39 is 23.5 Å². The normalized spacial score (nSPS) is 10.8. The first kappa shape index (κ1) is 14.1. The number of methoxy groups -OCH3 is 1. The number of rotatable bonds is 4. The fourth-order valence-electron chi connectivity index (χ4n) is 1.67. The summed E-state index contributed by atoms with van der Waals surface area (Å²) in [6, 6.07) is 6.73. The zero-order chi connectivity index (χ0) is 14.7. The Labute approximate surface area is 112 Å². The minimum Gasteiger partial charge on any atom is -0.497 e. The van der Waals surface area contributed by atoms with E-state index in [2.05, 4.69) is 4.98 Å². The number of hydrogen-bond donors (Lipinski definition) is 0. The molecule has 2 aromatic rings. The van der Waals surface area contributed by atoms with Crippen molar-refractivity contribution in [1.29, 1.82) is 0 Å². The molecule has 0 aliphatic rings. The number of benzene rings is 1. The third kappa shape index (κ3) is 2.81. The second-order valence-corrected chi connectivity index (χ2v) is 4.03. The monoisotopic (exact) mass is 284 g/mol. The highest BCUT2D eigenvalue weighted by Crippen LogP contribution is 2.17. The van der Waals surface area contributed by atoms with Crippen molar-refractivity contribution in [2.24, 2.45) is 0 Å². The molecule has 0 saturated carbocycles. The first-order valence-corrected chi connectivity index (χ1v) is 5.69. The molecule has 1 aromatic carbocycles. The third-order valence-corrected chi connectivity index (χ3v) is 2.73. The molecular formula is C13H11F3N2O2. The number of ether oxygens (including phenoxy) is 1. The molecule has 0 aliphatic heterocycles. The predicted octanol–water partition coefficient (Wildman–Crippen LogP) is 2.38. The molecule has 106 valence electrons. The van der Waals surface area contributed by atoms with E-state index in [4.69, 9.17) is 4.74 Å². The van der Waals surface area contributed by atoms with Crippen LogP contribution in [0, 0.1) is 5.82 Å². The summed E-state index contributed by atoms with van der Waals surface area (Å²) in [5.41, 5.74) is -1.55. The van der Waals surface area contributed by atoms with Crippen molar-refractivity contribution >= 4 is 0 Å². The predicted molar refractivity (Wildman–Crippen MR) is 65.5 cm³/mol. The third-order valence-electron chi connectivity index (χ3n) is 2.73. The molecule has 0 aliphatic carbocycles. The smallest absolute Gasteiger partial charge is 0.290 e. The van der Waals surface area contributed by atoms with Crippen LogP contribution in [0.4, 0.5) is 13.2 Å². The maximum Gasteiger partial charge on any atom is 0.290 e. The van der Waals surface area contributed by atoms with Crippen LogP contribution in [0.3, 0.4) is 0 Å². The summed E-state index contributed by atoms with van der Waals surface area (Å²) in [4.78, 5) is 14.9. The Morgan fingerprint density at radius 3 is 2.50 bits per heavy atom. The molecule has 20 heavy (non-hydrogen) atoms. The van der Waals surface area contributed by atoms with Gasteiger partial charge in [0, 0.05) is 0 Å². The van der Waals surface area contributed by atoms with Gasteiger partial charge in [-0.2, -0.15) is 4.39 Å². The van der Waals surface area contributed by atoms with Crippen LogP contribution in [0.15, 0.2) is 35.4 Å². The Balaban J connectivity index is 2.29. The first-order chi connectivity index (χ1) is 9.52. The standard InChI is InChI=1S/C13H11F3N2O2/c1-20-9-4-2-8(3-5-9)6-18-7-17-11(12(15)16)10(14)13(18)19/h2-5,7,12H,6H2,1H3. The molecule has 0 fully saturated rings. The molecule has 0 atom stereocenters. The summed E-state index contributed by atoms with van der Waals surface area (Å²) >= 11 is 0. The minimum atomic E-state index is -3.11. The lowest BCUT2D eigenvalue weighted by atomic mass is 10.2. The molecule has 0 radical (unpaired) electrons. The van der Waals surface area contributed by atoms with Crippen LogP contribution in [0.2, 0.25) is 0 Å². The molecule has 4 nitrogen and oxygen atoms in total. The van der Waals surface area contributed by atoms with Crippen LogP contribution >= 0.6 is 0 Å². The molecule has 0 amide bonds. The van der Waals surface area contributed by atoms with Crippen molar-refractivity contribution in [3.63, 3.8) is 0 Å². The molecule has 0 saturated heterocycles. The molecule has 2 rings (SSSR count). The maximum atomic E-state index is 13.4. The second-order valence-electron chi connectivity index (χ2n) is 4.03. The molecular weight excluding hydrogens is 273 g/mol. The van der Waals surface area contributed by atoms with Crippen molar-refractivity contribution < 1.29 is 17.9 Å². The number of aromatic nitrogens is 2. The average Bonchev–Trinajstić information content (AvgIpc) is 2.44. The van der Waals surface area contributed by atoms with Gasteiger partial charge >= 0.3 is 0 Å². The Bertz CT molecular complexity index is 654. The molecule has 7 heteroatoms. The summed E-state index contributed by atoms with van der Waals surface area (Å²) in [6.45, 7) is 0.0380. The van der Waals surface area contributed by atoms with Crippen molar-refractivity contribution in [3.05, 3.63) is 58.0 Å². The molecule has 0 unspecified atom stereocenters. The van der Waals surface area contributed by atoms with Gasteiger partial charge in [-0.3, -0.25) is 9.36 Å². The Kier molecular flexibility index (Phi) is 4.07. The zero-order valence-corrected chi connectivity index (χ0v) is 10.5. The highest BCUT2D eigenvalue weighted by molar-refractivity contribution is 5.27. The van der Waals surface area contributed by atoms with Crippen LogP contribution in [0.5, 0.6) is 5.75 Å². The van der Waals surface area contributed by atoms with Crippen LogP contribution in [0.25, 0.3) is 0 Å². The van der Waals surface area contributed by atoms with Gasteiger partial charge in [-0.1, -0.05) is 12.1 Å². The molecule has 0 bridgehead atoms. The van der Waals surface area contributed by atoms with Gasteiger partial charge < -0.3 is 4.74 Å². The fraction of sp³-hybridized carbons (Fsp3) is 0.231. The van der Waals surface area contributed by atoms with Crippen molar-refractivity contribution in [2.45, 2.75) is 13.0 Å². The van der Waals surface area contributed by atoms with Gasteiger partial charge in [-0.05, 0) is 17.7 Å². The summed E-state index contributed by atoms with van der Waals surface area (Å²) in [6.07, 6.45) is -2.20. The van der Waals surface area contributed by atoms with Crippen LogP contribution in [-0.4, -0.2) is 16.7 Å². The van der Waals surface area contributed by atoms with E-state index in [0.29, 0.717) is 11.3 Å². The molecule has 1 heterocycles. The Morgan fingerprint density at radius 1 is 1.30 bits per heavy atom. The van der Waals surface area contributed by atoms with Crippen LogP contribution < -0.4 is 10.3 Å². The number of nitrogens with zero attached hydrogens (tertiary/aromatic N) is 2. The van der Waals surface area contributed by atoms with E-state index >= 15 is 0 Å². The number of alkyl halides is 2. The molecule has 1 aromatic heterocycles. The lowest BCUT2D eigenvalue weighted by Gasteiger charge is -2.08. The number of halogens is 3. The maximum absolute atomic E-state index is 13.4. The summed E-state index contributed by atoms with van der Waals surface area (Å²) in [5, 5.41) is 0. The SMILES string of the molecule is COc1ccc(Cn2cnc(C(F)F)c(F)c2=O)cc1. The lowest BCUT2D eigenvalue weighted by Crippen LogP contribution is -2.26. The fourth-order valence-corrected chi connectivity index (χ4v) is 1.67. The second kappa shape index (κ2) is 5.77. The van der Waals surface area contributed by atoms with Crippen molar-refractivity contribution in [3.8, 4) is 5.75 Å². The van der Waals surface area contributed by atoms with E-state index in [9.17, 15) is 18.0 Å². The zero-order valence-electron chi connectivity index (χ0n) is 10.5. The van der Waals surface area contributed by atoms with Crippen molar-refractivity contribution in [2.75, 3.05) is 7.11 Å². The highest BCUT2D eigenvalue weighted by atomic mass is 19.3. The Hall–Kier alpha value is -2.31. The molecule has 0 N–H and O–H groups in total. The average molecular weight is 284 g/mol. The van der Waals surface area contributed by atoms with Crippen molar-refractivity contribution in [1.82, 2.24) is 9.55 Å². The van der Waals surface area contributed by atoms with E-state index in [-0.39, 0.29) is 6.54 Å². The van der Waals surface area contributed by atoms with Gasteiger partial charge in [0.15, 0.2) is 0 Å². The highest BCUT2D eigenvalue weighted by Gasteiger charge is 2.19. The van der Waals surface area contributed by atoms with E-state index in [1.165, 1.54) is 7.11 Å². The Morgan fingerprint density at radius 2 is 1.95 bits per heavy atom. The van der Waals surface area contributed by atoms with Gasteiger partial charge in [-0.25, -0.2) is 13.8 Å². The van der Waals surface area contributed by atoms with Crippen LogP contribution in [-0.2, 0) is 6.54 Å². The topological polar surface area (TPSA) is 44.1 Å². The largest absolute Gasteiger partial charge is 0.497 e. The van der Waals surface area contributed by atoms with Gasteiger partial charge in [0.25, 0.3) is 12.0 Å². The molecule has 0 spiro atoms. The van der Waals surface area contributed by atoms with Crippen LogP contribution in [0.1, 0.15) is 17.7 Å². The van der Waals surface area contributed by atoms with Gasteiger partial charge in [0.05, 0.1) is 20.0 Å². The first-order valence-electron chi connectivity index (χ1n) is 5.69. The quantitative estimate of drug-likeness (QED) is 0.865.